The molecule has 4 heterocycles. The van der Waals surface area contributed by atoms with Gasteiger partial charge in [-0.2, -0.15) is 0 Å². The van der Waals surface area contributed by atoms with Crippen LogP contribution in [0.4, 0.5) is 0 Å². The Morgan fingerprint density at radius 1 is 1.04 bits per heavy atom. The van der Waals surface area contributed by atoms with Crippen molar-refractivity contribution in [1.82, 2.24) is 24.7 Å². The molecule has 28 heavy (non-hydrogen) atoms. The molecule has 0 aromatic carbocycles. The lowest BCUT2D eigenvalue weighted by atomic mass is 9.99. The Morgan fingerprint density at radius 2 is 1.68 bits per heavy atom. The van der Waals surface area contributed by atoms with Gasteiger partial charge in [-0.05, 0) is 36.5 Å². The van der Waals surface area contributed by atoms with E-state index in [1.54, 1.807) is 0 Å². The molecule has 0 bridgehead atoms. The van der Waals surface area contributed by atoms with Crippen molar-refractivity contribution in [2.45, 2.75) is 32.9 Å². The topological polar surface area (TPSA) is 65.7 Å². The normalized spacial score (nSPS) is 19.8. The number of rotatable bonds is 5. The molecule has 0 saturated carbocycles. The van der Waals surface area contributed by atoms with Crippen LogP contribution in [0.25, 0.3) is 0 Å². The molecule has 0 atom stereocenters. The third-order valence-corrected chi connectivity index (χ3v) is 5.82. The van der Waals surface area contributed by atoms with E-state index in [1.807, 2.05) is 17.3 Å². The summed E-state index contributed by atoms with van der Waals surface area (Å²) in [6.07, 6.45) is 7.35. The van der Waals surface area contributed by atoms with Gasteiger partial charge < -0.3 is 9.32 Å². The summed E-state index contributed by atoms with van der Waals surface area (Å²) >= 11 is 0. The Morgan fingerprint density at radius 3 is 2.36 bits per heavy atom. The number of aromatic nitrogens is 2. The number of likely N-dealkylation sites (tertiary alicyclic amines) is 1. The third-order valence-electron chi connectivity index (χ3n) is 5.82. The van der Waals surface area contributed by atoms with E-state index in [0.717, 1.165) is 58.7 Å². The summed E-state index contributed by atoms with van der Waals surface area (Å²) in [5.41, 5.74) is 1.74. The number of piperidine rings is 1. The van der Waals surface area contributed by atoms with E-state index in [4.69, 9.17) is 4.42 Å². The second kappa shape index (κ2) is 8.84. The van der Waals surface area contributed by atoms with Crippen molar-refractivity contribution in [1.29, 1.82) is 0 Å². The SMILES string of the molecule is CC1CCN(C(=O)c2coc(CN3CCN(Cc4ccncc4)CC3)n2)CC1. The summed E-state index contributed by atoms with van der Waals surface area (Å²) in [7, 11) is 0. The van der Waals surface area contributed by atoms with Crippen LogP contribution in [0.15, 0.2) is 35.2 Å². The first-order chi connectivity index (χ1) is 13.7. The van der Waals surface area contributed by atoms with Crippen LogP contribution in [0.1, 0.15) is 41.7 Å². The highest BCUT2D eigenvalue weighted by Gasteiger charge is 2.25. The first-order valence-electron chi connectivity index (χ1n) is 10.2. The van der Waals surface area contributed by atoms with Gasteiger partial charge in [0, 0.05) is 58.2 Å². The van der Waals surface area contributed by atoms with E-state index in [2.05, 4.69) is 38.8 Å². The maximum atomic E-state index is 12.6. The van der Waals surface area contributed by atoms with E-state index >= 15 is 0 Å². The fourth-order valence-corrected chi connectivity index (χ4v) is 3.90. The highest BCUT2D eigenvalue weighted by Crippen LogP contribution is 2.18. The van der Waals surface area contributed by atoms with Crippen molar-refractivity contribution in [2.75, 3.05) is 39.3 Å². The molecule has 0 aliphatic carbocycles. The maximum absolute atomic E-state index is 12.6. The Kier molecular flexibility index (Phi) is 6.02. The second-order valence-electron chi connectivity index (χ2n) is 8.01. The van der Waals surface area contributed by atoms with Gasteiger partial charge in [-0.25, -0.2) is 4.98 Å². The van der Waals surface area contributed by atoms with E-state index in [9.17, 15) is 4.79 Å². The number of piperazine rings is 1. The quantitative estimate of drug-likeness (QED) is 0.789. The smallest absolute Gasteiger partial charge is 0.275 e. The molecule has 2 aromatic heterocycles. The number of hydrogen-bond donors (Lipinski definition) is 0. The molecule has 0 N–H and O–H groups in total. The van der Waals surface area contributed by atoms with Crippen LogP contribution in [-0.4, -0.2) is 69.8 Å². The number of pyridine rings is 1. The summed E-state index contributed by atoms with van der Waals surface area (Å²) in [4.78, 5) is 27.8. The Bertz CT molecular complexity index is 762. The average Bonchev–Trinajstić information content (AvgIpc) is 3.19. The van der Waals surface area contributed by atoms with Gasteiger partial charge in [-0.1, -0.05) is 6.92 Å². The van der Waals surface area contributed by atoms with E-state index in [-0.39, 0.29) is 5.91 Å². The molecule has 0 radical (unpaired) electrons. The van der Waals surface area contributed by atoms with Crippen LogP contribution in [0.2, 0.25) is 0 Å². The zero-order valence-electron chi connectivity index (χ0n) is 16.6. The van der Waals surface area contributed by atoms with Crippen molar-refractivity contribution in [2.24, 2.45) is 5.92 Å². The monoisotopic (exact) mass is 383 g/mol. The largest absolute Gasteiger partial charge is 0.447 e. The van der Waals surface area contributed by atoms with Gasteiger partial charge in [0.2, 0.25) is 5.89 Å². The number of oxazole rings is 1. The highest BCUT2D eigenvalue weighted by molar-refractivity contribution is 5.92. The van der Waals surface area contributed by atoms with E-state index < -0.39 is 0 Å². The number of hydrogen-bond acceptors (Lipinski definition) is 6. The molecule has 2 aliphatic rings. The number of carbonyl (C=O) groups is 1. The molecule has 4 rings (SSSR count). The van der Waals surface area contributed by atoms with Crippen LogP contribution >= 0.6 is 0 Å². The lowest BCUT2D eigenvalue weighted by molar-refractivity contribution is 0.0691. The summed E-state index contributed by atoms with van der Waals surface area (Å²) in [5, 5.41) is 0. The molecule has 1 amide bonds. The van der Waals surface area contributed by atoms with Crippen molar-refractivity contribution >= 4 is 5.91 Å². The molecule has 7 heteroatoms. The molecule has 0 spiro atoms. The van der Waals surface area contributed by atoms with Crippen LogP contribution in [-0.2, 0) is 13.1 Å². The van der Waals surface area contributed by atoms with Gasteiger partial charge in [0.25, 0.3) is 5.91 Å². The molecule has 2 fully saturated rings. The summed E-state index contributed by atoms with van der Waals surface area (Å²) in [6.45, 7) is 9.48. The van der Waals surface area contributed by atoms with Gasteiger partial charge in [-0.3, -0.25) is 19.6 Å². The van der Waals surface area contributed by atoms with Gasteiger partial charge >= 0.3 is 0 Å². The first-order valence-corrected chi connectivity index (χ1v) is 10.2. The summed E-state index contributed by atoms with van der Waals surface area (Å²) in [6, 6.07) is 4.14. The minimum Gasteiger partial charge on any atom is -0.447 e. The Balaban J connectivity index is 1.25. The van der Waals surface area contributed by atoms with Gasteiger partial charge in [-0.15, -0.1) is 0 Å². The lowest BCUT2D eigenvalue weighted by Crippen LogP contribution is -2.45. The number of carbonyl (C=O) groups excluding carboxylic acids is 1. The lowest BCUT2D eigenvalue weighted by Gasteiger charge is -2.34. The minimum atomic E-state index is 0.00377. The van der Waals surface area contributed by atoms with Crippen LogP contribution in [0.3, 0.4) is 0 Å². The number of amides is 1. The first kappa shape index (κ1) is 19.1. The maximum Gasteiger partial charge on any atom is 0.275 e. The van der Waals surface area contributed by atoms with Gasteiger partial charge in [0.15, 0.2) is 5.69 Å². The van der Waals surface area contributed by atoms with Crippen molar-refractivity contribution in [3.05, 3.63) is 47.9 Å². The third kappa shape index (κ3) is 4.77. The number of nitrogens with zero attached hydrogens (tertiary/aromatic N) is 5. The molecule has 7 nitrogen and oxygen atoms in total. The molecule has 2 aliphatic heterocycles. The summed E-state index contributed by atoms with van der Waals surface area (Å²) in [5.74, 6) is 1.34. The van der Waals surface area contributed by atoms with Gasteiger partial charge in [0.1, 0.15) is 6.26 Å². The molecule has 2 aromatic rings. The minimum absolute atomic E-state index is 0.00377. The van der Waals surface area contributed by atoms with E-state index in [1.165, 1.54) is 11.8 Å². The molecule has 2 saturated heterocycles. The standard InChI is InChI=1S/C21H29N5O2/c1-17-4-8-26(9-5-17)21(27)19-16-28-20(23-19)15-25-12-10-24(11-13-25)14-18-2-6-22-7-3-18/h2-3,6-7,16-17H,4-5,8-15H2,1H3. The second-order valence-corrected chi connectivity index (χ2v) is 8.01. The highest BCUT2D eigenvalue weighted by atomic mass is 16.3. The average molecular weight is 383 g/mol. The van der Waals surface area contributed by atoms with Crippen LogP contribution in [0, 0.1) is 5.92 Å². The zero-order chi connectivity index (χ0) is 19.3. The Labute approximate surface area is 166 Å². The van der Waals surface area contributed by atoms with Gasteiger partial charge in [0.05, 0.1) is 6.54 Å². The van der Waals surface area contributed by atoms with Crippen molar-refractivity contribution in [3.63, 3.8) is 0 Å². The zero-order valence-corrected chi connectivity index (χ0v) is 16.6. The molecular weight excluding hydrogens is 354 g/mol. The van der Waals surface area contributed by atoms with Crippen molar-refractivity contribution in [3.8, 4) is 0 Å². The van der Waals surface area contributed by atoms with E-state index in [0.29, 0.717) is 24.0 Å². The molecular formula is C21H29N5O2. The molecule has 150 valence electrons. The fourth-order valence-electron chi connectivity index (χ4n) is 3.90. The van der Waals surface area contributed by atoms with Crippen molar-refractivity contribution < 1.29 is 9.21 Å². The summed E-state index contributed by atoms with van der Waals surface area (Å²) < 4.78 is 5.60. The predicted octanol–water partition coefficient (Wildman–Crippen LogP) is 2.26. The van der Waals surface area contributed by atoms with Crippen LogP contribution in [0.5, 0.6) is 0 Å². The predicted molar refractivity (Wildman–Crippen MR) is 106 cm³/mol. The molecule has 0 unspecified atom stereocenters. The Hall–Kier alpha value is -2.25. The fraction of sp³-hybridized carbons (Fsp3) is 0.571. The van der Waals surface area contributed by atoms with Crippen LogP contribution < -0.4 is 0 Å².